The number of benzene rings is 1. The fourth-order valence-electron chi connectivity index (χ4n) is 1.15. The minimum Gasteiger partial charge on any atom is -0.329 e. The number of nitrogens with one attached hydrogen (secondary N) is 2. The third-order valence-electron chi connectivity index (χ3n) is 1.76. The SMILES string of the molecule is CC(=O)Nc1ccc(NC=O)cc1C. The quantitative estimate of drug-likeness (QED) is 0.713. The number of anilines is 2. The van der Waals surface area contributed by atoms with Crippen LogP contribution in [0.3, 0.4) is 0 Å². The molecule has 0 unspecified atom stereocenters. The number of carbonyl (C=O) groups is 2. The molecule has 0 spiro atoms. The van der Waals surface area contributed by atoms with Gasteiger partial charge in [0.05, 0.1) is 0 Å². The van der Waals surface area contributed by atoms with Crippen molar-refractivity contribution in [2.75, 3.05) is 10.6 Å². The summed E-state index contributed by atoms with van der Waals surface area (Å²) in [5, 5.41) is 5.22. The number of aryl methyl sites for hydroxylation is 1. The van der Waals surface area contributed by atoms with Crippen molar-refractivity contribution >= 4 is 23.7 Å². The Bertz CT molecular complexity index is 361. The molecule has 4 nitrogen and oxygen atoms in total. The van der Waals surface area contributed by atoms with Gasteiger partial charge < -0.3 is 10.6 Å². The van der Waals surface area contributed by atoms with Crippen molar-refractivity contribution in [1.82, 2.24) is 0 Å². The Hall–Kier alpha value is -1.84. The zero-order valence-electron chi connectivity index (χ0n) is 8.13. The van der Waals surface area contributed by atoms with Gasteiger partial charge in [-0.05, 0) is 30.7 Å². The summed E-state index contributed by atoms with van der Waals surface area (Å²) in [6.07, 6.45) is 0.618. The van der Waals surface area contributed by atoms with Crippen molar-refractivity contribution in [3.8, 4) is 0 Å². The molecule has 0 bridgehead atoms. The van der Waals surface area contributed by atoms with Crippen molar-refractivity contribution in [2.24, 2.45) is 0 Å². The van der Waals surface area contributed by atoms with E-state index < -0.39 is 0 Å². The molecule has 0 saturated carbocycles. The van der Waals surface area contributed by atoms with E-state index in [1.807, 2.05) is 6.92 Å². The summed E-state index contributed by atoms with van der Waals surface area (Å²) in [6.45, 7) is 3.32. The normalized spacial score (nSPS) is 9.29. The molecular formula is C10H12N2O2. The van der Waals surface area contributed by atoms with Gasteiger partial charge >= 0.3 is 0 Å². The van der Waals surface area contributed by atoms with Crippen LogP contribution in [0.5, 0.6) is 0 Å². The molecule has 0 saturated heterocycles. The Morgan fingerprint density at radius 3 is 2.64 bits per heavy atom. The van der Waals surface area contributed by atoms with Gasteiger partial charge in [0, 0.05) is 18.3 Å². The molecule has 0 fully saturated rings. The number of amides is 2. The third kappa shape index (κ3) is 2.58. The van der Waals surface area contributed by atoms with E-state index in [-0.39, 0.29) is 5.91 Å². The fourth-order valence-corrected chi connectivity index (χ4v) is 1.15. The Kier molecular flexibility index (Phi) is 3.23. The van der Waals surface area contributed by atoms with Crippen LogP contribution in [-0.4, -0.2) is 12.3 Å². The van der Waals surface area contributed by atoms with Crippen molar-refractivity contribution < 1.29 is 9.59 Å². The van der Waals surface area contributed by atoms with E-state index in [2.05, 4.69) is 10.6 Å². The average Bonchev–Trinajstić information content (AvgIpc) is 2.10. The minimum absolute atomic E-state index is 0.107. The van der Waals surface area contributed by atoms with Crippen molar-refractivity contribution in [2.45, 2.75) is 13.8 Å². The van der Waals surface area contributed by atoms with E-state index in [0.29, 0.717) is 12.1 Å². The van der Waals surface area contributed by atoms with Crippen molar-refractivity contribution in [3.63, 3.8) is 0 Å². The largest absolute Gasteiger partial charge is 0.329 e. The maximum absolute atomic E-state index is 10.8. The molecule has 0 atom stereocenters. The standard InChI is InChI=1S/C10H12N2O2/c1-7-5-9(11-6-13)3-4-10(7)12-8(2)14/h3-6H,1-2H3,(H,11,13)(H,12,14). The second kappa shape index (κ2) is 4.41. The molecule has 0 radical (unpaired) electrons. The van der Waals surface area contributed by atoms with Crippen LogP contribution in [0.1, 0.15) is 12.5 Å². The molecule has 0 heterocycles. The predicted molar refractivity (Wildman–Crippen MR) is 55.2 cm³/mol. The van der Waals surface area contributed by atoms with Gasteiger partial charge in [-0.3, -0.25) is 9.59 Å². The number of rotatable bonds is 3. The molecule has 0 aliphatic heterocycles. The van der Waals surface area contributed by atoms with E-state index in [1.54, 1.807) is 18.2 Å². The van der Waals surface area contributed by atoms with Gasteiger partial charge in [0.1, 0.15) is 0 Å². The van der Waals surface area contributed by atoms with Crippen LogP contribution in [0, 0.1) is 6.92 Å². The van der Waals surface area contributed by atoms with Gasteiger partial charge in [-0.15, -0.1) is 0 Å². The lowest BCUT2D eigenvalue weighted by Crippen LogP contribution is -2.07. The molecule has 4 heteroatoms. The Morgan fingerprint density at radius 1 is 1.43 bits per heavy atom. The van der Waals surface area contributed by atoms with E-state index in [9.17, 15) is 9.59 Å². The summed E-state index contributed by atoms with van der Waals surface area (Å²) >= 11 is 0. The van der Waals surface area contributed by atoms with Crippen molar-refractivity contribution in [3.05, 3.63) is 23.8 Å². The molecule has 0 aromatic heterocycles. The molecular weight excluding hydrogens is 180 g/mol. The maximum Gasteiger partial charge on any atom is 0.221 e. The monoisotopic (exact) mass is 192 g/mol. The summed E-state index contributed by atoms with van der Waals surface area (Å²) in [6, 6.07) is 5.27. The first-order valence-corrected chi connectivity index (χ1v) is 4.22. The number of hydrogen-bond acceptors (Lipinski definition) is 2. The topological polar surface area (TPSA) is 58.2 Å². The fraction of sp³-hybridized carbons (Fsp3) is 0.200. The number of carbonyl (C=O) groups excluding carboxylic acids is 2. The van der Waals surface area contributed by atoms with E-state index in [0.717, 1.165) is 11.3 Å². The molecule has 0 aliphatic carbocycles. The van der Waals surface area contributed by atoms with Gasteiger partial charge in [-0.25, -0.2) is 0 Å². The molecule has 2 amide bonds. The van der Waals surface area contributed by atoms with E-state index in [1.165, 1.54) is 6.92 Å². The van der Waals surface area contributed by atoms with Gasteiger partial charge in [0.25, 0.3) is 0 Å². The highest BCUT2D eigenvalue weighted by Gasteiger charge is 2.00. The van der Waals surface area contributed by atoms with Crippen LogP contribution in [0.4, 0.5) is 11.4 Å². The van der Waals surface area contributed by atoms with E-state index in [4.69, 9.17) is 0 Å². The minimum atomic E-state index is -0.107. The highest BCUT2D eigenvalue weighted by molar-refractivity contribution is 5.90. The molecule has 1 aromatic carbocycles. The van der Waals surface area contributed by atoms with Gasteiger partial charge in [0.2, 0.25) is 12.3 Å². The summed E-state index contributed by atoms with van der Waals surface area (Å²) in [5.41, 5.74) is 2.38. The summed E-state index contributed by atoms with van der Waals surface area (Å²) in [4.78, 5) is 21.0. The Labute approximate surface area is 82.3 Å². The summed E-state index contributed by atoms with van der Waals surface area (Å²) in [7, 11) is 0. The molecule has 2 N–H and O–H groups in total. The first-order valence-electron chi connectivity index (χ1n) is 4.22. The van der Waals surface area contributed by atoms with Crippen LogP contribution < -0.4 is 10.6 Å². The van der Waals surface area contributed by atoms with Crippen molar-refractivity contribution in [1.29, 1.82) is 0 Å². The molecule has 1 aromatic rings. The smallest absolute Gasteiger partial charge is 0.221 e. The first kappa shape index (κ1) is 10.2. The lowest BCUT2D eigenvalue weighted by Gasteiger charge is -2.07. The van der Waals surface area contributed by atoms with Gasteiger partial charge in [0.15, 0.2) is 0 Å². The highest BCUT2D eigenvalue weighted by Crippen LogP contribution is 2.18. The maximum atomic E-state index is 10.8. The molecule has 14 heavy (non-hydrogen) atoms. The Morgan fingerprint density at radius 2 is 2.14 bits per heavy atom. The van der Waals surface area contributed by atoms with Gasteiger partial charge in [-0.2, -0.15) is 0 Å². The van der Waals surface area contributed by atoms with Gasteiger partial charge in [-0.1, -0.05) is 0 Å². The zero-order valence-corrected chi connectivity index (χ0v) is 8.13. The lowest BCUT2D eigenvalue weighted by molar-refractivity contribution is -0.114. The highest BCUT2D eigenvalue weighted by atomic mass is 16.1. The van der Waals surface area contributed by atoms with Crippen LogP contribution in [-0.2, 0) is 9.59 Å². The molecule has 1 rings (SSSR count). The Balaban J connectivity index is 2.89. The predicted octanol–water partition coefficient (Wildman–Crippen LogP) is 1.52. The second-order valence-corrected chi connectivity index (χ2v) is 2.97. The van der Waals surface area contributed by atoms with Crippen LogP contribution in [0.2, 0.25) is 0 Å². The lowest BCUT2D eigenvalue weighted by atomic mass is 10.2. The summed E-state index contributed by atoms with van der Waals surface area (Å²) < 4.78 is 0. The average molecular weight is 192 g/mol. The first-order chi connectivity index (χ1) is 6.63. The molecule has 0 aliphatic rings. The number of hydrogen-bond donors (Lipinski definition) is 2. The van der Waals surface area contributed by atoms with Crippen LogP contribution in [0.15, 0.2) is 18.2 Å². The molecule has 74 valence electrons. The third-order valence-corrected chi connectivity index (χ3v) is 1.76. The van der Waals surface area contributed by atoms with E-state index >= 15 is 0 Å². The summed E-state index contributed by atoms with van der Waals surface area (Å²) in [5.74, 6) is -0.107. The zero-order chi connectivity index (χ0) is 10.6. The van der Waals surface area contributed by atoms with Crippen LogP contribution >= 0.6 is 0 Å². The second-order valence-electron chi connectivity index (χ2n) is 2.97. The van der Waals surface area contributed by atoms with Crippen LogP contribution in [0.25, 0.3) is 0 Å².